The van der Waals surface area contributed by atoms with Crippen LogP contribution in [0.2, 0.25) is 0 Å². The van der Waals surface area contributed by atoms with Crippen LogP contribution >= 0.6 is 0 Å². The summed E-state index contributed by atoms with van der Waals surface area (Å²) in [6.07, 6.45) is 0.315. The summed E-state index contributed by atoms with van der Waals surface area (Å²) in [5.74, 6) is 1.03. The molecule has 1 aliphatic rings. The Kier molecular flexibility index (Phi) is 5.06. The van der Waals surface area contributed by atoms with Gasteiger partial charge >= 0.3 is 0 Å². The average molecular weight is 381 g/mol. The lowest BCUT2D eigenvalue weighted by Gasteiger charge is -2.16. The van der Waals surface area contributed by atoms with Crippen molar-refractivity contribution in [1.82, 2.24) is 15.0 Å². The van der Waals surface area contributed by atoms with Gasteiger partial charge in [-0.15, -0.1) is 0 Å². The van der Waals surface area contributed by atoms with E-state index >= 15 is 0 Å². The third-order valence-electron chi connectivity index (χ3n) is 4.67. The molecule has 0 saturated carbocycles. The largest absolute Gasteiger partial charge is 0.494 e. The average Bonchev–Trinajstić information content (AvgIpc) is 3.30. The second-order valence-electron chi connectivity index (χ2n) is 6.72. The van der Waals surface area contributed by atoms with Gasteiger partial charge in [-0.05, 0) is 36.8 Å². The van der Waals surface area contributed by atoms with Crippen LogP contribution in [-0.2, 0) is 11.3 Å². The molecular weight excluding hydrogens is 361 g/mol. The Hall–Kier alpha value is -3.22. The molecule has 0 radical (unpaired) electrons. The minimum absolute atomic E-state index is 0.0392. The molecule has 1 saturated heterocycles. The Balaban J connectivity index is 1.46. The van der Waals surface area contributed by atoms with Crippen molar-refractivity contribution >= 4 is 5.91 Å². The first-order valence-electron chi connectivity index (χ1n) is 9.21. The molecule has 1 amide bonds. The molecular formula is C21H20FN3O3. The number of benzene rings is 2. The van der Waals surface area contributed by atoms with E-state index in [9.17, 15) is 9.18 Å². The molecule has 0 aliphatic carbocycles. The lowest BCUT2D eigenvalue weighted by atomic mass is 10.1. The van der Waals surface area contributed by atoms with Crippen LogP contribution < -0.4 is 4.74 Å². The van der Waals surface area contributed by atoms with E-state index in [1.165, 1.54) is 12.1 Å². The van der Waals surface area contributed by atoms with Crippen molar-refractivity contribution in [3.63, 3.8) is 0 Å². The number of hydrogen-bond donors (Lipinski definition) is 0. The van der Waals surface area contributed by atoms with Crippen LogP contribution in [0, 0.1) is 5.82 Å². The number of hydrogen-bond acceptors (Lipinski definition) is 5. The van der Waals surface area contributed by atoms with Crippen molar-refractivity contribution in [2.45, 2.75) is 25.8 Å². The van der Waals surface area contributed by atoms with E-state index in [1.807, 2.05) is 31.2 Å². The number of amides is 1. The summed E-state index contributed by atoms with van der Waals surface area (Å²) in [6, 6.07) is 13.8. The molecule has 0 spiro atoms. The van der Waals surface area contributed by atoms with Crippen molar-refractivity contribution in [3.05, 3.63) is 65.8 Å². The van der Waals surface area contributed by atoms with Crippen LogP contribution in [0.5, 0.6) is 5.75 Å². The third-order valence-corrected chi connectivity index (χ3v) is 4.67. The highest BCUT2D eigenvalue weighted by atomic mass is 19.1. The Bertz CT molecular complexity index is 988. The molecule has 7 heteroatoms. The topological polar surface area (TPSA) is 68.5 Å². The molecule has 4 rings (SSSR count). The number of halogens is 1. The van der Waals surface area contributed by atoms with Gasteiger partial charge in [-0.2, -0.15) is 4.98 Å². The lowest BCUT2D eigenvalue weighted by Crippen LogP contribution is -2.24. The fourth-order valence-corrected chi connectivity index (χ4v) is 3.36. The minimum Gasteiger partial charge on any atom is -0.494 e. The first kappa shape index (κ1) is 18.2. The SMILES string of the molecule is CCOc1cccc(CN2CC(c3nc(-c4cccc(F)c4)no3)CC2=O)c1. The van der Waals surface area contributed by atoms with Crippen LogP contribution in [0.25, 0.3) is 11.4 Å². The van der Waals surface area contributed by atoms with Crippen LogP contribution in [0.4, 0.5) is 4.39 Å². The van der Waals surface area contributed by atoms with Gasteiger partial charge in [-0.25, -0.2) is 4.39 Å². The smallest absolute Gasteiger partial charge is 0.232 e. The summed E-state index contributed by atoms with van der Waals surface area (Å²) in [7, 11) is 0. The van der Waals surface area contributed by atoms with Crippen LogP contribution in [0.1, 0.15) is 30.7 Å². The number of nitrogens with zero attached hydrogens (tertiary/aromatic N) is 3. The number of carbonyl (C=O) groups is 1. The first-order chi connectivity index (χ1) is 13.6. The summed E-state index contributed by atoms with van der Waals surface area (Å²) in [5.41, 5.74) is 1.55. The van der Waals surface area contributed by atoms with Gasteiger partial charge in [0, 0.05) is 25.1 Å². The predicted octanol–water partition coefficient (Wildman–Crippen LogP) is 3.79. The van der Waals surface area contributed by atoms with Gasteiger partial charge in [0.2, 0.25) is 17.6 Å². The molecule has 1 aliphatic heterocycles. The van der Waals surface area contributed by atoms with Crippen molar-refractivity contribution in [1.29, 1.82) is 0 Å². The highest BCUT2D eigenvalue weighted by Gasteiger charge is 2.34. The van der Waals surface area contributed by atoms with E-state index in [0.717, 1.165) is 11.3 Å². The quantitative estimate of drug-likeness (QED) is 0.650. The molecule has 6 nitrogen and oxygen atoms in total. The van der Waals surface area contributed by atoms with E-state index in [-0.39, 0.29) is 17.6 Å². The fraction of sp³-hybridized carbons (Fsp3) is 0.286. The highest BCUT2D eigenvalue weighted by molar-refractivity contribution is 5.79. The van der Waals surface area contributed by atoms with Crippen LogP contribution in [0.3, 0.4) is 0 Å². The predicted molar refractivity (Wildman–Crippen MR) is 100 cm³/mol. The van der Waals surface area contributed by atoms with E-state index in [0.29, 0.717) is 43.4 Å². The standard InChI is InChI=1S/C21H20FN3O3/c1-2-27-18-8-3-5-14(9-18)12-25-13-16(11-19(25)26)21-23-20(24-28-21)15-6-4-7-17(22)10-15/h3-10,16H,2,11-13H2,1H3. The number of aromatic nitrogens is 2. The van der Waals surface area contributed by atoms with Crippen LogP contribution in [-0.4, -0.2) is 34.1 Å². The van der Waals surface area contributed by atoms with Gasteiger partial charge in [-0.1, -0.05) is 29.4 Å². The number of likely N-dealkylation sites (tertiary alicyclic amines) is 1. The van der Waals surface area contributed by atoms with Gasteiger partial charge in [-0.3, -0.25) is 4.79 Å². The Morgan fingerprint density at radius 2 is 2.11 bits per heavy atom. The van der Waals surface area contributed by atoms with Gasteiger partial charge < -0.3 is 14.2 Å². The first-order valence-corrected chi connectivity index (χ1v) is 9.21. The Labute approximate surface area is 161 Å². The van der Waals surface area contributed by atoms with Gasteiger partial charge in [0.25, 0.3) is 0 Å². The second-order valence-corrected chi connectivity index (χ2v) is 6.72. The lowest BCUT2D eigenvalue weighted by molar-refractivity contribution is -0.128. The Morgan fingerprint density at radius 3 is 2.93 bits per heavy atom. The molecule has 1 fully saturated rings. The van der Waals surface area contributed by atoms with Crippen molar-refractivity contribution in [2.24, 2.45) is 0 Å². The van der Waals surface area contributed by atoms with E-state index in [4.69, 9.17) is 9.26 Å². The van der Waals surface area contributed by atoms with Crippen molar-refractivity contribution in [3.8, 4) is 17.1 Å². The van der Waals surface area contributed by atoms with E-state index in [2.05, 4.69) is 10.1 Å². The van der Waals surface area contributed by atoms with Gasteiger partial charge in [0.1, 0.15) is 11.6 Å². The highest BCUT2D eigenvalue weighted by Crippen LogP contribution is 2.30. The van der Waals surface area contributed by atoms with E-state index < -0.39 is 0 Å². The maximum Gasteiger partial charge on any atom is 0.232 e. The van der Waals surface area contributed by atoms with Gasteiger partial charge in [0.15, 0.2) is 0 Å². The molecule has 1 atom stereocenters. The summed E-state index contributed by atoms with van der Waals surface area (Å²) >= 11 is 0. The summed E-state index contributed by atoms with van der Waals surface area (Å²) in [4.78, 5) is 18.6. The monoisotopic (exact) mass is 381 g/mol. The number of rotatable bonds is 6. The molecule has 3 aromatic rings. The molecule has 1 unspecified atom stereocenters. The molecule has 2 aromatic carbocycles. The molecule has 28 heavy (non-hydrogen) atoms. The van der Waals surface area contributed by atoms with Crippen molar-refractivity contribution in [2.75, 3.05) is 13.2 Å². The maximum atomic E-state index is 13.4. The molecule has 0 N–H and O–H groups in total. The maximum absolute atomic E-state index is 13.4. The zero-order chi connectivity index (χ0) is 19.5. The fourth-order valence-electron chi connectivity index (χ4n) is 3.36. The van der Waals surface area contributed by atoms with Crippen molar-refractivity contribution < 1.29 is 18.4 Å². The van der Waals surface area contributed by atoms with E-state index in [1.54, 1.807) is 17.0 Å². The summed E-state index contributed by atoms with van der Waals surface area (Å²) in [6.45, 7) is 3.53. The van der Waals surface area contributed by atoms with Crippen LogP contribution in [0.15, 0.2) is 53.1 Å². The van der Waals surface area contributed by atoms with Gasteiger partial charge in [0.05, 0.1) is 12.5 Å². The normalized spacial score (nSPS) is 16.6. The number of ether oxygens (including phenoxy) is 1. The summed E-state index contributed by atoms with van der Waals surface area (Å²) in [5, 5.41) is 3.94. The number of carbonyl (C=O) groups excluding carboxylic acids is 1. The zero-order valence-electron chi connectivity index (χ0n) is 15.5. The molecule has 2 heterocycles. The zero-order valence-corrected chi connectivity index (χ0v) is 15.5. The summed E-state index contributed by atoms with van der Waals surface area (Å²) < 4.78 is 24.3. The molecule has 144 valence electrons. The minimum atomic E-state index is -0.361. The third kappa shape index (κ3) is 3.88. The Morgan fingerprint density at radius 1 is 1.25 bits per heavy atom. The second kappa shape index (κ2) is 7.80. The molecule has 0 bridgehead atoms. The molecule has 1 aromatic heterocycles.